The third kappa shape index (κ3) is 3.25. The number of nitrogens with one attached hydrogen (secondary N) is 2. The molecule has 1 saturated heterocycles. The number of nitriles is 1. The molecule has 0 bridgehead atoms. The number of nitro benzene ring substituents is 1. The van der Waals surface area contributed by atoms with E-state index in [2.05, 4.69) is 17.6 Å². The van der Waals surface area contributed by atoms with Crippen LogP contribution in [0.4, 0.5) is 11.4 Å². The molecule has 20 heavy (non-hydrogen) atoms. The number of hydrogen-bond donors (Lipinski definition) is 2. The van der Waals surface area contributed by atoms with Crippen molar-refractivity contribution in [3.8, 4) is 6.07 Å². The van der Waals surface area contributed by atoms with Crippen LogP contribution in [-0.4, -0.2) is 24.1 Å². The maximum absolute atomic E-state index is 10.8. The summed E-state index contributed by atoms with van der Waals surface area (Å²) < 4.78 is 0. The number of piperidine rings is 1. The quantitative estimate of drug-likeness (QED) is 0.649. The van der Waals surface area contributed by atoms with Crippen molar-refractivity contribution in [3.63, 3.8) is 0 Å². The molecule has 2 unspecified atom stereocenters. The number of nitro groups is 1. The first kappa shape index (κ1) is 14.3. The average molecular weight is 274 g/mol. The Hall–Kier alpha value is -2.13. The Morgan fingerprint density at radius 1 is 1.60 bits per heavy atom. The highest BCUT2D eigenvalue weighted by molar-refractivity contribution is 5.59. The molecule has 1 aromatic carbocycles. The van der Waals surface area contributed by atoms with E-state index in [-0.39, 0.29) is 17.3 Å². The van der Waals surface area contributed by atoms with Gasteiger partial charge in [-0.1, -0.05) is 0 Å². The molecule has 1 aromatic rings. The summed E-state index contributed by atoms with van der Waals surface area (Å²) in [5.41, 5.74) is 0.698. The van der Waals surface area contributed by atoms with E-state index in [0.717, 1.165) is 18.8 Å². The van der Waals surface area contributed by atoms with Crippen molar-refractivity contribution in [2.75, 3.05) is 18.4 Å². The standard InChI is InChI=1S/C14H18N4O2/c1-10(11-3-2-6-16-9-11)17-13-4-5-14(18(19)20)12(7-13)8-15/h4-5,7,10-11,16-17H,2-3,6,9H2,1H3. The van der Waals surface area contributed by atoms with Crippen molar-refractivity contribution in [3.05, 3.63) is 33.9 Å². The van der Waals surface area contributed by atoms with Crippen LogP contribution >= 0.6 is 0 Å². The average Bonchev–Trinajstić information content (AvgIpc) is 2.47. The molecule has 0 aromatic heterocycles. The molecule has 0 amide bonds. The fourth-order valence-electron chi connectivity index (χ4n) is 2.56. The fraction of sp³-hybridized carbons (Fsp3) is 0.500. The number of nitrogens with zero attached hydrogens (tertiary/aromatic N) is 2. The topological polar surface area (TPSA) is 91.0 Å². The van der Waals surface area contributed by atoms with Crippen LogP contribution < -0.4 is 10.6 Å². The zero-order valence-corrected chi connectivity index (χ0v) is 11.4. The van der Waals surface area contributed by atoms with Gasteiger partial charge in [0.2, 0.25) is 0 Å². The van der Waals surface area contributed by atoms with Gasteiger partial charge in [0.15, 0.2) is 0 Å². The molecule has 2 rings (SSSR count). The molecule has 0 aliphatic carbocycles. The van der Waals surface area contributed by atoms with Crippen LogP contribution in [0.5, 0.6) is 0 Å². The van der Waals surface area contributed by atoms with Gasteiger partial charge in [0, 0.05) is 17.8 Å². The Morgan fingerprint density at radius 3 is 3.00 bits per heavy atom. The van der Waals surface area contributed by atoms with E-state index in [1.807, 2.05) is 6.07 Å². The Balaban J connectivity index is 2.09. The van der Waals surface area contributed by atoms with Gasteiger partial charge in [-0.25, -0.2) is 0 Å². The maximum atomic E-state index is 10.8. The van der Waals surface area contributed by atoms with Crippen LogP contribution in [0.2, 0.25) is 0 Å². The Kier molecular flexibility index (Phi) is 4.53. The van der Waals surface area contributed by atoms with Crippen LogP contribution in [0.3, 0.4) is 0 Å². The summed E-state index contributed by atoms with van der Waals surface area (Å²) in [5, 5.41) is 26.5. The van der Waals surface area contributed by atoms with Crippen LogP contribution in [0.15, 0.2) is 18.2 Å². The Bertz CT molecular complexity index is 532. The van der Waals surface area contributed by atoms with Crippen molar-refractivity contribution in [1.82, 2.24) is 5.32 Å². The van der Waals surface area contributed by atoms with Crippen molar-refractivity contribution in [2.24, 2.45) is 5.92 Å². The van der Waals surface area contributed by atoms with E-state index in [1.54, 1.807) is 12.1 Å². The van der Waals surface area contributed by atoms with Gasteiger partial charge in [0.1, 0.15) is 11.6 Å². The number of hydrogen-bond acceptors (Lipinski definition) is 5. The summed E-state index contributed by atoms with van der Waals surface area (Å²) in [5.74, 6) is 0.532. The van der Waals surface area contributed by atoms with Crippen LogP contribution in [0.25, 0.3) is 0 Å². The van der Waals surface area contributed by atoms with Gasteiger partial charge in [0.05, 0.1) is 4.92 Å². The lowest BCUT2D eigenvalue weighted by Gasteiger charge is -2.29. The summed E-state index contributed by atoms with van der Waals surface area (Å²) >= 11 is 0. The van der Waals surface area contributed by atoms with E-state index < -0.39 is 4.92 Å². The summed E-state index contributed by atoms with van der Waals surface area (Å²) in [6, 6.07) is 6.72. The molecular formula is C14H18N4O2. The monoisotopic (exact) mass is 274 g/mol. The molecule has 1 aliphatic heterocycles. The summed E-state index contributed by atoms with van der Waals surface area (Å²) in [6.45, 7) is 4.15. The molecule has 0 saturated carbocycles. The minimum Gasteiger partial charge on any atom is -0.382 e. The third-order valence-corrected chi connectivity index (χ3v) is 3.75. The highest BCUT2D eigenvalue weighted by Crippen LogP contribution is 2.24. The Morgan fingerprint density at radius 2 is 2.40 bits per heavy atom. The molecule has 6 nitrogen and oxygen atoms in total. The van der Waals surface area contributed by atoms with Crippen molar-refractivity contribution in [2.45, 2.75) is 25.8 Å². The van der Waals surface area contributed by atoms with Crippen molar-refractivity contribution in [1.29, 1.82) is 5.26 Å². The fourth-order valence-corrected chi connectivity index (χ4v) is 2.56. The molecule has 1 aliphatic rings. The number of anilines is 1. The van der Waals surface area contributed by atoms with E-state index >= 15 is 0 Å². The molecular weight excluding hydrogens is 256 g/mol. The molecule has 2 N–H and O–H groups in total. The van der Waals surface area contributed by atoms with Gasteiger partial charge >= 0.3 is 0 Å². The van der Waals surface area contributed by atoms with Gasteiger partial charge in [-0.3, -0.25) is 10.1 Å². The van der Waals surface area contributed by atoms with Crippen LogP contribution in [-0.2, 0) is 0 Å². The predicted molar refractivity (Wildman–Crippen MR) is 76.5 cm³/mol. The second kappa shape index (κ2) is 6.35. The number of rotatable bonds is 4. The zero-order chi connectivity index (χ0) is 14.5. The zero-order valence-electron chi connectivity index (χ0n) is 11.4. The van der Waals surface area contributed by atoms with E-state index in [1.165, 1.54) is 18.9 Å². The molecule has 106 valence electrons. The van der Waals surface area contributed by atoms with Gasteiger partial charge in [-0.15, -0.1) is 0 Å². The molecule has 2 atom stereocenters. The highest BCUT2D eigenvalue weighted by Gasteiger charge is 2.20. The second-order valence-corrected chi connectivity index (χ2v) is 5.14. The van der Waals surface area contributed by atoms with Gasteiger partial charge < -0.3 is 10.6 Å². The molecule has 1 fully saturated rings. The van der Waals surface area contributed by atoms with Crippen molar-refractivity contribution < 1.29 is 4.92 Å². The Labute approximate surface area is 117 Å². The molecule has 0 spiro atoms. The van der Waals surface area contributed by atoms with Crippen molar-refractivity contribution >= 4 is 11.4 Å². The van der Waals surface area contributed by atoms with Crippen LogP contribution in [0, 0.1) is 27.4 Å². The lowest BCUT2D eigenvalue weighted by Crippen LogP contribution is -2.38. The normalized spacial score (nSPS) is 19.9. The van der Waals surface area contributed by atoms with E-state index in [4.69, 9.17) is 5.26 Å². The first-order valence-corrected chi connectivity index (χ1v) is 6.77. The first-order chi connectivity index (χ1) is 9.61. The van der Waals surface area contributed by atoms with Gasteiger partial charge in [-0.2, -0.15) is 5.26 Å². The highest BCUT2D eigenvalue weighted by atomic mass is 16.6. The minimum atomic E-state index is -0.531. The minimum absolute atomic E-state index is 0.0916. The molecule has 1 heterocycles. The van der Waals surface area contributed by atoms with Gasteiger partial charge in [-0.05, 0) is 50.9 Å². The van der Waals surface area contributed by atoms with E-state index in [0.29, 0.717) is 5.92 Å². The largest absolute Gasteiger partial charge is 0.382 e. The summed E-state index contributed by atoms with van der Waals surface area (Å²) in [6.07, 6.45) is 2.33. The second-order valence-electron chi connectivity index (χ2n) is 5.14. The molecule has 6 heteroatoms. The SMILES string of the molecule is CC(Nc1ccc([N+](=O)[O-])c(C#N)c1)C1CCCNC1. The lowest BCUT2D eigenvalue weighted by molar-refractivity contribution is -0.385. The summed E-state index contributed by atoms with van der Waals surface area (Å²) in [7, 11) is 0. The molecule has 0 radical (unpaired) electrons. The first-order valence-electron chi connectivity index (χ1n) is 6.77. The van der Waals surface area contributed by atoms with Crippen LogP contribution in [0.1, 0.15) is 25.3 Å². The van der Waals surface area contributed by atoms with E-state index in [9.17, 15) is 10.1 Å². The predicted octanol–water partition coefficient (Wildman–Crippen LogP) is 2.27. The summed E-state index contributed by atoms with van der Waals surface area (Å²) in [4.78, 5) is 10.3. The number of benzene rings is 1. The smallest absolute Gasteiger partial charge is 0.287 e. The third-order valence-electron chi connectivity index (χ3n) is 3.75. The van der Waals surface area contributed by atoms with Gasteiger partial charge in [0.25, 0.3) is 5.69 Å². The maximum Gasteiger partial charge on any atom is 0.287 e. The lowest BCUT2D eigenvalue weighted by atomic mass is 9.92.